The topological polar surface area (TPSA) is 12.0 Å². The van der Waals surface area contributed by atoms with Gasteiger partial charge in [0.2, 0.25) is 0 Å². The summed E-state index contributed by atoms with van der Waals surface area (Å²) in [6, 6.07) is 6.63. The van der Waals surface area contributed by atoms with Crippen molar-refractivity contribution in [2.24, 2.45) is 11.3 Å². The van der Waals surface area contributed by atoms with Crippen LogP contribution in [0.2, 0.25) is 5.02 Å². The SMILES string of the molecule is CC(C)(C)C1CCCC(Nc2ccc(Br)cc2Cl)CC1. The predicted molar refractivity (Wildman–Crippen MR) is 92.6 cm³/mol. The average Bonchev–Trinajstić information content (AvgIpc) is 2.58. The highest BCUT2D eigenvalue weighted by Crippen LogP contribution is 2.37. The van der Waals surface area contributed by atoms with E-state index in [0.717, 1.165) is 21.1 Å². The molecule has 3 heteroatoms. The molecular formula is C17H25BrClN. The van der Waals surface area contributed by atoms with Crippen molar-refractivity contribution >= 4 is 33.2 Å². The van der Waals surface area contributed by atoms with E-state index in [2.05, 4.69) is 48.1 Å². The molecule has 1 nitrogen and oxygen atoms in total. The van der Waals surface area contributed by atoms with Gasteiger partial charge in [0.05, 0.1) is 10.7 Å². The molecule has 0 spiro atoms. The first-order valence-electron chi connectivity index (χ1n) is 7.58. The van der Waals surface area contributed by atoms with Crippen LogP contribution in [0.5, 0.6) is 0 Å². The third-order valence-corrected chi connectivity index (χ3v) is 5.29. The van der Waals surface area contributed by atoms with Crippen LogP contribution in [0.4, 0.5) is 5.69 Å². The standard InChI is InChI=1S/C17H25BrClN/c1-17(2,3)12-5-4-6-14(9-7-12)20-16-10-8-13(18)11-15(16)19/h8,10-12,14,20H,4-7,9H2,1-3H3. The van der Waals surface area contributed by atoms with Crippen LogP contribution < -0.4 is 5.32 Å². The van der Waals surface area contributed by atoms with E-state index < -0.39 is 0 Å². The Morgan fingerprint density at radius 3 is 2.55 bits per heavy atom. The van der Waals surface area contributed by atoms with Gasteiger partial charge >= 0.3 is 0 Å². The lowest BCUT2D eigenvalue weighted by Crippen LogP contribution is -2.21. The summed E-state index contributed by atoms with van der Waals surface area (Å²) in [7, 11) is 0. The van der Waals surface area contributed by atoms with Crippen molar-refractivity contribution in [1.82, 2.24) is 0 Å². The molecule has 2 rings (SSSR count). The van der Waals surface area contributed by atoms with E-state index in [1.807, 2.05) is 12.1 Å². The highest BCUT2D eigenvalue weighted by atomic mass is 79.9. The van der Waals surface area contributed by atoms with Crippen molar-refractivity contribution < 1.29 is 0 Å². The van der Waals surface area contributed by atoms with Crippen LogP contribution in [0, 0.1) is 11.3 Å². The van der Waals surface area contributed by atoms with Gasteiger partial charge in [0.1, 0.15) is 0 Å². The Kier molecular flexibility index (Phi) is 5.42. The average molecular weight is 359 g/mol. The Bertz CT molecular complexity index is 453. The molecule has 0 bridgehead atoms. The second kappa shape index (κ2) is 6.70. The monoisotopic (exact) mass is 357 g/mol. The van der Waals surface area contributed by atoms with Crippen molar-refractivity contribution in [3.63, 3.8) is 0 Å². The van der Waals surface area contributed by atoms with Crippen molar-refractivity contribution in [3.8, 4) is 0 Å². The Morgan fingerprint density at radius 1 is 1.15 bits per heavy atom. The highest BCUT2D eigenvalue weighted by molar-refractivity contribution is 9.10. The van der Waals surface area contributed by atoms with E-state index in [4.69, 9.17) is 11.6 Å². The van der Waals surface area contributed by atoms with Gasteiger partial charge in [-0.05, 0) is 55.2 Å². The van der Waals surface area contributed by atoms with Crippen LogP contribution in [0.25, 0.3) is 0 Å². The van der Waals surface area contributed by atoms with E-state index in [1.54, 1.807) is 0 Å². The number of nitrogens with one attached hydrogen (secondary N) is 1. The van der Waals surface area contributed by atoms with Gasteiger partial charge in [-0.25, -0.2) is 0 Å². The highest BCUT2D eigenvalue weighted by Gasteiger charge is 2.27. The molecule has 1 saturated carbocycles. The summed E-state index contributed by atoms with van der Waals surface area (Å²) < 4.78 is 1.03. The maximum absolute atomic E-state index is 6.30. The van der Waals surface area contributed by atoms with Crippen LogP contribution in [0.15, 0.2) is 22.7 Å². The summed E-state index contributed by atoms with van der Waals surface area (Å²) >= 11 is 9.75. The molecule has 2 atom stereocenters. The minimum atomic E-state index is 0.435. The molecule has 0 heterocycles. The molecule has 112 valence electrons. The zero-order valence-electron chi connectivity index (χ0n) is 12.7. The van der Waals surface area contributed by atoms with Gasteiger partial charge in [-0.15, -0.1) is 0 Å². The second-order valence-corrected chi connectivity index (χ2v) is 8.36. The fourth-order valence-electron chi connectivity index (χ4n) is 3.14. The third-order valence-electron chi connectivity index (χ3n) is 4.48. The fraction of sp³-hybridized carbons (Fsp3) is 0.647. The fourth-order valence-corrected chi connectivity index (χ4v) is 3.87. The lowest BCUT2D eigenvalue weighted by atomic mass is 9.76. The Morgan fingerprint density at radius 2 is 1.90 bits per heavy atom. The molecule has 1 fully saturated rings. The smallest absolute Gasteiger partial charge is 0.0648 e. The molecule has 1 N–H and O–H groups in total. The number of hydrogen-bond donors (Lipinski definition) is 1. The summed E-state index contributed by atoms with van der Waals surface area (Å²) in [6.45, 7) is 7.12. The van der Waals surface area contributed by atoms with Crippen molar-refractivity contribution in [2.75, 3.05) is 5.32 Å². The second-order valence-electron chi connectivity index (χ2n) is 7.04. The number of hydrogen-bond acceptors (Lipinski definition) is 1. The van der Waals surface area contributed by atoms with E-state index in [1.165, 1.54) is 32.1 Å². The number of benzene rings is 1. The van der Waals surface area contributed by atoms with Crippen LogP contribution in [-0.4, -0.2) is 6.04 Å². The molecule has 1 aliphatic carbocycles. The van der Waals surface area contributed by atoms with Gasteiger partial charge < -0.3 is 5.32 Å². The molecule has 0 aromatic heterocycles. The van der Waals surface area contributed by atoms with E-state index in [0.29, 0.717) is 11.5 Å². The minimum Gasteiger partial charge on any atom is -0.381 e. The summed E-state index contributed by atoms with van der Waals surface area (Å²) in [4.78, 5) is 0. The lowest BCUT2D eigenvalue weighted by Gasteiger charge is -2.29. The first-order chi connectivity index (χ1) is 9.36. The van der Waals surface area contributed by atoms with Gasteiger partial charge in [0.25, 0.3) is 0 Å². The normalized spacial score (nSPS) is 24.2. The third kappa shape index (κ3) is 4.39. The predicted octanol–water partition coefficient (Wildman–Crippen LogP) is 6.51. The largest absolute Gasteiger partial charge is 0.381 e. The van der Waals surface area contributed by atoms with Crippen LogP contribution >= 0.6 is 27.5 Å². The number of halogens is 2. The summed E-state index contributed by atoms with van der Waals surface area (Å²) in [6.07, 6.45) is 6.48. The zero-order valence-corrected chi connectivity index (χ0v) is 15.0. The molecule has 0 amide bonds. The van der Waals surface area contributed by atoms with Gasteiger partial charge in [-0.3, -0.25) is 0 Å². The minimum absolute atomic E-state index is 0.435. The quantitative estimate of drug-likeness (QED) is 0.594. The summed E-state index contributed by atoms with van der Waals surface area (Å²) in [5.41, 5.74) is 1.50. The lowest BCUT2D eigenvalue weighted by molar-refractivity contribution is 0.214. The molecule has 20 heavy (non-hydrogen) atoms. The van der Waals surface area contributed by atoms with E-state index in [9.17, 15) is 0 Å². The van der Waals surface area contributed by atoms with Crippen molar-refractivity contribution in [1.29, 1.82) is 0 Å². The number of rotatable bonds is 2. The van der Waals surface area contributed by atoms with Gasteiger partial charge in [-0.1, -0.05) is 54.7 Å². The van der Waals surface area contributed by atoms with Crippen LogP contribution in [0.1, 0.15) is 52.9 Å². The molecule has 0 radical (unpaired) electrons. The van der Waals surface area contributed by atoms with Crippen LogP contribution in [-0.2, 0) is 0 Å². The van der Waals surface area contributed by atoms with Crippen LogP contribution in [0.3, 0.4) is 0 Å². The maximum Gasteiger partial charge on any atom is 0.0648 e. The molecule has 1 aromatic carbocycles. The van der Waals surface area contributed by atoms with Gasteiger partial charge in [-0.2, -0.15) is 0 Å². The molecule has 0 saturated heterocycles. The van der Waals surface area contributed by atoms with Gasteiger partial charge in [0.15, 0.2) is 0 Å². The van der Waals surface area contributed by atoms with Crippen molar-refractivity contribution in [2.45, 2.75) is 58.9 Å². The van der Waals surface area contributed by atoms with E-state index in [-0.39, 0.29) is 0 Å². The van der Waals surface area contributed by atoms with E-state index >= 15 is 0 Å². The first-order valence-corrected chi connectivity index (χ1v) is 8.75. The Labute approximate surface area is 136 Å². The first kappa shape index (κ1) is 16.2. The number of anilines is 1. The Hall–Kier alpha value is -0.210. The molecular weight excluding hydrogens is 334 g/mol. The summed E-state index contributed by atoms with van der Waals surface area (Å²) in [5.74, 6) is 0.842. The molecule has 0 aliphatic heterocycles. The van der Waals surface area contributed by atoms with Gasteiger partial charge in [0, 0.05) is 10.5 Å². The van der Waals surface area contributed by atoms with Crippen molar-refractivity contribution in [3.05, 3.63) is 27.7 Å². The molecule has 1 aliphatic rings. The molecule has 1 aromatic rings. The maximum atomic E-state index is 6.30. The summed E-state index contributed by atoms with van der Waals surface area (Å²) in [5, 5.41) is 4.44. The molecule has 2 unspecified atom stereocenters. The Balaban J connectivity index is 1.97. The zero-order chi connectivity index (χ0) is 14.8.